The minimum atomic E-state index is -0.479. The number of nitro benzene ring substituents is 1. The van der Waals surface area contributed by atoms with E-state index in [2.05, 4.69) is 20.8 Å². The van der Waals surface area contributed by atoms with Gasteiger partial charge >= 0.3 is 5.97 Å². The number of ether oxygens (including phenoxy) is 2. The van der Waals surface area contributed by atoms with Crippen LogP contribution in [0, 0.1) is 26.9 Å². The largest absolute Gasteiger partial charge is 0.496 e. The maximum atomic E-state index is 12.3. The summed E-state index contributed by atoms with van der Waals surface area (Å²) in [6.07, 6.45) is 5.92. The molecule has 6 heteroatoms. The first-order valence-electron chi connectivity index (χ1n) is 8.90. The van der Waals surface area contributed by atoms with Gasteiger partial charge in [-0.2, -0.15) is 0 Å². The van der Waals surface area contributed by atoms with Gasteiger partial charge < -0.3 is 9.47 Å². The van der Waals surface area contributed by atoms with Crippen LogP contribution in [-0.2, 0) is 9.53 Å². The summed E-state index contributed by atoms with van der Waals surface area (Å²) in [5, 5.41) is 10.9. The second-order valence-corrected chi connectivity index (χ2v) is 8.05. The van der Waals surface area contributed by atoms with Crippen molar-refractivity contribution in [2.75, 3.05) is 7.11 Å². The third-order valence-corrected chi connectivity index (χ3v) is 6.80. The number of fused-ring (bicyclic) bond motifs is 2. The van der Waals surface area contributed by atoms with Crippen molar-refractivity contribution >= 4 is 17.7 Å². The minimum Gasteiger partial charge on any atom is -0.496 e. The SMILES string of the molecule is COc1ccc([N+](=O)[O-])cc1/C=C/C(=O)OC1CC2CCC1(C)C2(C)C. The van der Waals surface area contributed by atoms with Gasteiger partial charge in [-0.1, -0.05) is 20.8 Å². The van der Waals surface area contributed by atoms with Gasteiger partial charge in [-0.15, -0.1) is 0 Å². The maximum Gasteiger partial charge on any atom is 0.331 e. The fourth-order valence-electron chi connectivity index (χ4n) is 4.61. The van der Waals surface area contributed by atoms with Gasteiger partial charge in [-0.25, -0.2) is 4.79 Å². The lowest BCUT2D eigenvalue weighted by Crippen LogP contribution is -2.38. The van der Waals surface area contributed by atoms with Crippen molar-refractivity contribution in [2.45, 2.75) is 46.1 Å². The molecule has 2 fully saturated rings. The number of esters is 1. The van der Waals surface area contributed by atoms with E-state index in [1.54, 1.807) is 0 Å². The smallest absolute Gasteiger partial charge is 0.331 e. The Morgan fingerprint density at radius 2 is 2.08 bits per heavy atom. The number of carbonyl (C=O) groups excluding carboxylic acids is 1. The molecule has 0 saturated heterocycles. The van der Waals surface area contributed by atoms with Crippen molar-refractivity contribution in [1.82, 2.24) is 0 Å². The zero-order valence-corrected chi connectivity index (χ0v) is 15.7. The number of nitro groups is 1. The van der Waals surface area contributed by atoms with Gasteiger partial charge in [0, 0.05) is 29.2 Å². The first-order valence-corrected chi connectivity index (χ1v) is 8.90. The lowest BCUT2D eigenvalue weighted by Gasteiger charge is -2.38. The Morgan fingerprint density at radius 1 is 1.35 bits per heavy atom. The quantitative estimate of drug-likeness (QED) is 0.337. The number of methoxy groups -OCH3 is 1. The van der Waals surface area contributed by atoms with Crippen molar-refractivity contribution < 1.29 is 19.2 Å². The lowest BCUT2D eigenvalue weighted by atomic mass is 9.70. The summed E-state index contributed by atoms with van der Waals surface area (Å²) < 4.78 is 11.0. The highest BCUT2D eigenvalue weighted by Crippen LogP contribution is 2.66. The van der Waals surface area contributed by atoms with E-state index >= 15 is 0 Å². The zero-order chi connectivity index (χ0) is 19.1. The molecular formula is C20H25NO5. The van der Waals surface area contributed by atoms with Crippen molar-refractivity contribution in [3.8, 4) is 5.75 Å². The second kappa shape index (κ2) is 6.41. The molecule has 0 radical (unpaired) electrons. The van der Waals surface area contributed by atoms with Gasteiger partial charge in [0.1, 0.15) is 11.9 Å². The molecule has 3 unspecified atom stereocenters. The van der Waals surface area contributed by atoms with Gasteiger partial charge in [-0.3, -0.25) is 10.1 Å². The monoisotopic (exact) mass is 359 g/mol. The van der Waals surface area contributed by atoms with Crippen molar-refractivity contribution in [3.05, 3.63) is 40.0 Å². The van der Waals surface area contributed by atoms with E-state index in [9.17, 15) is 14.9 Å². The maximum absolute atomic E-state index is 12.3. The Balaban J connectivity index is 1.73. The van der Waals surface area contributed by atoms with Gasteiger partial charge in [0.15, 0.2) is 0 Å². The third-order valence-electron chi connectivity index (χ3n) is 6.80. The van der Waals surface area contributed by atoms with Crippen LogP contribution in [0.5, 0.6) is 5.75 Å². The van der Waals surface area contributed by atoms with E-state index in [1.807, 2.05) is 0 Å². The Morgan fingerprint density at radius 3 is 2.62 bits per heavy atom. The highest BCUT2D eigenvalue weighted by Gasteiger charge is 2.62. The Kier molecular flexibility index (Phi) is 4.54. The van der Waals surface area contributed by atoms with E-state index in [0.29, 0.717) is 17.2 Å². The summed E-state index contributed by atoms with van der Waals surface area (Å²) in [6.45, 7) is 6.75. The molecule has 2 saturated carbocycles. The van der Waals surface area contributed by atoms with E-state index < -0.39 is 10.9 Å². The Labute approximate surface area is 153 Å². The molecule has 0 amide bonds. The fourth-order valence-corrected chi connectivity index (χ4v) is 4.61. The van der Waals surface area contributed by atoms with E-state index in [0.717, 1.165) is 12.8 Å². The van der Waals surface area contributed by atoms with Crippen molar-refractivity contribution in [1.29, 1.82) is 0 Å². The van der Waals surface area contributed by atoms with Gasteiger partial charge in [0.2, 0.25) is 0 Å². The molecule has 0 aromatic heterocycles. The summed E-state index contributed by atoms with van der Waals surface area (Å²) in [4.78, 5) is 22.8. The average molecular weight is 359 g/mol. The molecule has 2 aliphatic rings. The fraction of sp³-hybridized carbons (Fsp3) is 0.550. The average Bonchev–Trinajstić information content (AvgIpc) is 2.93. The van der Waals surface area contributed by atoms with Crippen molar-refractivity contribution in [2.24, 2.45) is 16.7 Å². The number of non-ortho nitro benzene ring substituents is 1. The van der Waals surface area contributed by atoms with Gasteiger partial charge in [0.25, 0.3) is 5.69 Å². The van der Waals surface area contributed by atoms with Crippen LogP contribution in [0.25, 0.3) is 6.08 Å². The molecule has 1 aromatic carbocycles. The molecule has 0 N–H and O–H groups in total. The molecule has 2 bridgehead atoms. The first kappa shape index (κ1) is 18.4. The van der Waals surface area contributed by atoms with E-state index in [-0.39, 0.29) is 22.6 Å². The number of benzene rings is 1. The highest BCUT2D eigenvalue weighted by atomic mass is 16.6. The predicted octanol–water partition coefficient (Wildman–Crippen LogP) is 4.37. The van der Waals surface area contributed by atoms with Crippen LogP contribution in [0.4, 0.5) is 5.69 Å². The normalized spacial score (nSPS) is 29.1. The number of nitrogens with zero attached hydrogens (tertiary/aromatic N) is 1. The molecule has 3 rings (SSSR count). The topological polar surface area (TPSA) is 78.7 Å². The third kappa shape index (κ3) is 2.87. The summed E-state index contributed by atoms with van der Waals surface area (Å²) in [5.41, 5.74) is 0.592. The zero-order valence-electron chi connectivity index (χ0n) is 15.7. The van der Waals surface area contributed by atoms with Crippen LogP contribution in [0.15, 0.2) is 24.3 Å². The molecule has 26 heavy (non-hydrogen) atoms. The molecule has 2 aliphatic carbocycles. The van der Waals surface area contributed by atoms with Crippen LogP contribution in [0.3, 0.4) is 0 Å². The second-order valence-electron chi connectivity index (χ2n) is 8.05. The summed E-state index contributed by atoms with van der Waals surface area (Å²) in [6, 6.07) is 4.26. The molecular weight excluding hydrogens is 334 g/mol. The number of hydrogen-bond donors (Lipinski definition) is 0. The van der Waals surface area contributed by atoms with Crippen LogP contribution in [0.2, 0.25) is 0 Å². The van der Waals surface area contributed by atoms with Gasteiger partial charge in [0.05, 0.1) is 12.0 Å². The predicted molar refractivity (Wildman–Crippen MR) is 97.8 cm³/mol. The molecule has 0 spiro atoms. The van der Waals surface area contributed by atoms with E-state index in [1.165, 1.54) is 43.9 Å². The Hall–Kier alpha value is -2.37. The molecule has 6 nitrogen and oxygen atoms in total. The van der Waals surface area contributed by atoms with E-state index in [4.69, 9.17) is 9.47 Å². The highest BCUT2D eigenvalue weighted by molar-refractivity contribution is 5.88. The number of hydrogen-bond acceptors (Lipinski definition) is 5. The molecule has 0 heterocycles. The molecule has 140 valence electrons. The summed E-state index contributed by atoms with van der Waals surface area (Å²) in [5.74, 6) is 0.631. The molecule has 0 aliphatic heterocycles. The van der Waals surface area contributed by atoms with Crippen LogP contribution in [0.1, 0.15) is 45.6 Å². The number of rotatable bonds is 5. The number of carbonyl (C=O) groups is 1. The van der Waals surface area contributed by atoms with Crippen LogP contribution >= 0.6 is 0 Å². The van der Waals surface area contributed by atoms with Crippen LogP contribution in [-0.4, -0.2) is 24.1 Å². The summed E-state index contributed by atoms with van der Waals surface area (Å²) >= 11 is 0. The Bertz CT molecular complexity index is 769. The lowest BCUT2D eigenvalue weighted by molar-refractivity contribution is -0.384. The first-order chi connectivity index (χ1) is 12.2. The minimum absolute atomic E-state index is 0.00436. The molecule has 3 atom stereocenters. The van der Waals surface area contributed by atoms with Crippen molar-refractivity contribution in [3.63, 3.8) is 0 Å². The standard InChI is InChI=1S/C20H25NO5/c1-19(2)14-9-10-20(19,3)17(12-14)26-18(22)8-5-13-11-15(21(23)24)6-7-16(13)25-4/h5-8,11,14,17H,9-10,12H2,1-4H3/b8-5+. The molecule has 1 aromatic rings. The summed E-state index contributed by atoms with van der Waals surface area (Å²) in [7, 11) is 1.48. The van der Waals surface area contributed by atoms with Crippen LogP contribution < -0.4 is 4.74 Å². The van der Waals surface area contributed by atoms with Gasteiger partial charge in [-0.05, 0) is 42.7 Å².